The van der Waals surface area contributed by atoms with E-state index in [1.54, 1.807) is 0 Å². The van der Waals surface area contributed by atoms with E-state index in [-0.39, 0.29) is 5.92 Å². The minimum absolute atomic E-state index is 0.201. The third kappa shape index (κ3) is 3.70. The fourth-order valence-electron chi connectivity index (χ4n) is 2.22. The molecule has 0 amide bonds. The highest BCUT2D eigenvalue weighted by Crippen LogP contribution is 2.32. The first-order chi connectivity index (χ1) is 10.2. The maximum absolute atomic E-state index is 5.90. The zero-order valence-corrected chi connectivity index (χ0v) is 12.8. The maximum atomic E-state index is 5.90. The Morgan fingerprint density at radius 2 is 1.90 bits per heavy atom. The van der Waals surface area contributed by atoms with Crippen molar-refractivity contribution in [3.63, 3.8) is 0 Å². The molecule has 0 aliphatic heterocycles. The Balaban J connectivity index is 2.26. The van der Waals surface area contributed by atoms with Crippen molar-refractivity contribution in [3.8, 4) is 11.6 Å². The van der Waals surface area contributed by atoms with Gasteiger partial charge in [0.05, 0.1) is 5.56 Å². The van der Waals surface area contributed by atoms with E-state index in [1.165, 1.54) is 11.9 Å². The molecule has 5 nitrogen and oxygen atoms in total. The molecule has 5 heteroatoms. The summed E-state index contributed by atoms with van der Waals surface area (Å²) in [4.78, 5) is 8.37. The highest BCUT2D eigenvalue weighted by Gasteiger charge is 2.16. The van der Waals surface area contributed by atoms with Gasteiger partial charge in [0.2, 0.25) is 5.88 Å². The average molecular weight is 286 g/mol. The highest BCUT2D eigenvalue weighted by molar-refractivity contribution is 5.50. The van der Waals surface area contributed by atoms with Crippen molar-refractivity contribution in [2.24, 2.45) is 5.84 Å². The molecule has 112 valence electrons. The fraction of sp³-hybridized carbons (Fsp3) is 0.375. The lowest BCUT2D eigenvalue weighted by Gasteiger charge is -2.15. The van der Waals surface area contributed by atoms with Gasteiger partial charge in [-0.15, -0.1) is 0 Å². The molecular weight excluding hydrogens is 264 g/mol. The lowest BCUT2D eigenvalue weighted by molar-refractivity contribution is 0.451. The van der Waals surface area contributed by atoms with E-state index >= 15 is 0 Å². The van der Waals surface area contributed by atoms with Crippen molar-refractivity contribution in [1.29, 1.82) is 0 Å². The summed E-state index contributed by atoms with van der Waals surface area (Å²) >= 11 is 0. The van der Waals surface area contributed by atoms with E-state index in [9.17, 15) is 0 Å². The number of ether oxygens (including phenoxy) is 1. The van der Waals surface area contributed by atoms with Gasteiger partial charge in [0.25, 0.3) is 0 Å². The molecule has 3 N–H and O–H groups in total. The van der Waals surface area contributed by atoms with Crippen LogP contribution in [-0.2, 0) is 6.42 Å². The van der Waals surface area contributed by atoms with Crippen molar-refractivity contribution >= 4 is 5.82 Å². The van der Waals surface area contributed by atoms with E-state index in [0.717, 1.165) is 24.2 Å². The lowest BCUT2D eigenvalue weighted by atomic mass is 10.1. The topological polar surface area (TPSA) is 73.1 Å². The Kier molecular flexibility index (Phi) is 5.11. The summed E-state index contributed by atoms with van der Waals surface area (Å²) < 4.78 is 5.90. The van der Waals surface area contributed by atoms with Crippen LogP contribution < -0.4 is 16.0 Å². The molecule has 0 atom stereocenters. The third-order valence-electron chi connectivity index (χ3n) is 3.24. The predicted molar refractivity (Wildman–Crippen MR) is 84.4 cm³/mol. The van der Waals surface area contributed by atoms with Crippen molar-refractivity contribution in [1.82, 2.24) is 9.97 Å². The molecule has 2 rings (SSSR count). The van der Waals surface area contributed by atoms with Crippen LogP contribution in [0, 0.1) is 0 Å². The van der Waals surface area contributed by atoms with Gasteiger partial charge >= 0.3 is 0 Å². The number of nitrogens with two attached hydrogens (primary N) is 1. The van der Waals surface area contributed by atoms with Crippen molar-refractivity contribution in [2.45, 2.75) is 39.5 Å². The van der Waals surface area contributed by atoms with Gasteiger partial charge in [0, 0.05) is 0 Å². The van der Waals surface area contributed by atoms with Crippen LogP contribution in [-0.4, -0.2) is 9.97 Å². The number of anilines is 1. The van der Waals surface area contributed by atoms with Crippen molar-refractivity contribution in [3.05, 3.63) is 41.7 Å². The van der Waals surface area contributed by atoms with Gasteiger partial charge < -0.3 is 10.2 Å². The first-order valence-corrected chi connectivity index (χ1v) is 7.24. The van der Waals surface area contributed by atoms with Gasteiger partial charge in [0.1, 0.15) is 12.1 Å². The molecular formula is C16H22N4O. The molecule has 0 saturated heterocycles. The molecule has 0 spiro atoms. The second-order valence-corrected chi connectivity index (χ2v) is 5.24. The quantitative estimate of drug-likeness (QED) is 0.626. The number of nitrogen functional groups attached to an aromatic ring is 1. The Morgan fingerprint density at radius 1 is 1.19 bits per heavy atom. The molecule has 0 radical (unpaired) electrons. The summed E-state index contributed by atoms with van der Waals surface area (Å²) in [6.07, 6.45) is 3.66. The molecule has 1 heterocycles. The average Bonchev–Trinajstić information content (AvgIpc) is 2.49. The van der Waals surface area contributed by atoms with Crippen LogP contribution in [0.25, 0.3) is 0 Å². The number of hydrogen-bond acceptors (Lipinski definition) is 5. The predicted octanol–water partition coefficient (Wildman–Crippen LogP) is 3.63. The maximum Gasteiger partial charge on any atom is 0.227 e. The summed E-state index contributed by atoms with van der Waals surface area (Å²) in [5.74, 6) is 7.60. The molecule has 0 aliphatic rings. The van der Waals surface area contributed by atoms with Crippen LogP contribution in [0.4, 0.5) is 5.82 Å². The summed E-state index contributed by atoms with van der Waals surface area (Å²) in [5.41, 5.74) is 4.78. The van der Waals surface area contributed by atoms with Crippen molar-refractivity contribution in [2.75, 3.05) is 5.43 Å². The number of rotatable bonds is 6. The van der Waals surface area contributed by atoms with Crippen LogP contribution in [0.3, 0.4) is 0 Å². The Bertz CT molecular complexity index is 581. The zero-order chi connectivity index (χ0) is 15.2. The van der Waals surface area contributed by atoms with Crippen LogP contribution in [0.2, 0.25) is 0 Å². The van der Waals surface area contributed by atoms with Gasteiger partial charge in [-0.1, -0.05) is 39.3 Å². The van der Waals surface area contributed by atoms with E-state index in [1.807, 2.05) is 12.1 Å². The Morgan fingerprint density at radius 3 is 2.48 bits per heavy atom. The third-order valence-corrected chi connectivity index (χ3v) is 3.24. The molecule has 1 aromatic heterocycles. The van der Waals surface area contributed by atoms with Gasteiger partial charge in [-0.3, -0.25) is 0 Å². The first kappa shape index (κ1) is 15.3. The van der Waals surface area contributed by atoms with E-state index in [4.69, 9.17) is 10.6 Å². The van der Waals surface area contributed by atoms with Crippen molar-refractivity contribution < 1.29 is 4.74 Å². The van der Waals surface area contributed by atoms with Crippen LogP contribution in [0.5, 0.6) is 11.6 Å². The fourth-order valence-corrected chi connectivity index (χ4v) is 2.22. The Hall–Kier alpha value is -2.14. The standard InChI is InChI=1S/C16H22N4O/c1-4-5-12-6-8-13(9-7-12)21-16-14(11(2)3)15(20-17)18-10-19-16/h6-11H,4-5,17H2,1-3H3,(H,18,19,20). The number of nitrogens with one attached hydrogen (secondary N) is 1. The number of hydrogen-bond donors (Lipinski definition) is 2. The van der Waals surface area contributed by atoms with Gasteiger partial charge in [-0.2, -0.15) is 0 Å². The summed E-state index contributed by atoms with van der Waals surface area (Å²) in [6.45, 7) is 6.27. The highest BCUT2D eigenvalue weighted by atomic mass is 16.5. The molecule has 1 aromatic carbocycles. The summed E-state index contributed by atoms with van der Waals surface area (Å²) in [5, 5.41) is 0. The molecule has 0 unspecified atom stereocenters. The molecule has 0 bridgehead atoms. The van der Waals surface area contributed by atoms with E-state index < -0.39 is 0 Å². The summed E-state index contributed by atoms with van der Waals surface area (Å²) in [7, 11) is 0. The van der Waals surface area contributed by atoms with E-state index in [0.29, 0.717) is 11.7 Å². The molecule has 0 aliphatic carbocycles. The second kappa shape index (κ2) is 7.04. The second-order valence-electron chi connectivity index (χ2n) is 5.24. The largest absolute Gasteiger partial charge is 0.439 e. The monoisotopic (exact) mass is 286 g/mol. The number of aryl methyl sites for hydroxylation is 1. The number of nitrogens with zero attached hydrogens (tertiary/aromatic N) is 2. The van der Waals surface area contributed by atoms with Crippen LogP contribution >= 0.6 is 0 Å². The smallest absolute Gasteiger partial charge is 0.227 e. The molecule has 0 fully saturated rings. The number of hydrazine groups is 1. The molecule has 0 saturated carbocycles. The van der Waals surface area contributed by atoms with Crippen LogP contribution in [0.15, 0.2) is 30.6 Å². The normalized spacial score (nSPS) is 10.7. The van der Waals surface area contributed by atoms with Crippen LogP contribution in [0.1, 0.15) is 44.2 Å². The Labute approximate surface area is 125 Å². The zero-order valence-electron chi connectivity index (χ0n) is 12.8. The van der Waals surface area contributed by atoms with Gasteiger partial charge in [0.15, 0.2) is 5.82 Å². The number of benzene rings is 1. The molecule has 21 heavy (non-hydrogen) atoms. The molecule has 2 aromatic rings. The van der Waals surface area contributed by atoms with E-state index in [2.05, 4.69) is 48.3 Å². The minimum atomic E-state index is 0.201. The summed E-state index contributed by atoms with van der Waals surface area (Å²) in [6, 6.07) is 8.09. The van der Waals surface area contributed by atoms with Gasteiger partial charge in [-0.05, 0) is 30.0 Å². The first-order valence-electron chi connectivity index (χ1n) is 7.24. The lowest BCUT2D eigenvalue weighted by Crippen LogP contribution is -2.13. The SMILES string of the molecule is CCCc1ccc(Oc2ncnc(NN)c2C(C)C)cc1. The van der Waals surface area contributed by atoms with Gasteiger partial charge in [-0.25, -0.2) is 15.8 Å². The minimum Gasteiger partial charge on any atom is -0.439 e. The number of aromatic nitrogens is 2.